The van der Waals surface area contributed by atoms with E-state index in [0.717, 1.165) is 44.4 Å². The SMILES string of the molecule is N#CC1C=CC(C2C=CC(C3CCC(C4=CCC(C5=NC(c6cccc7c6SC6C=CC=CC76)C(C6C=CC=CC6)=C(C6=CC=CCC6)N5)C=C4)C4=C3CCC=C4)CC2)CC1. The predicted octanol–water partition coefficient (Wildman–Crippen LogP) is 13.9. The van der Waals surface area contributed by atoms with Gasteiger partial charge in [0.2, 0.25) is 0 Å². The van der Waals surface area contributed by atoms with Gasteiger partial charge in [0.25, 0.3) is 0 Å². The molecule has 0 bridgehead atoms. The van der Waals surface area contributed by atoms with Gasteiger partial charge in [-0.25, -0.2) is 0 Å². The average molecular weight is 818 g/mol. The van der Waals surface area contributed by atoms with Gasteiger partial charge in [0, 0.05) is 39.5 Å². The third kappa shape index (κ3) is 7.50. The summed E-state index contributed by atoms with van der Waals surface area (Å²) in [4.78, 5) is 7.29. The maximum absolute atomic E-state index is 9.37. The van der Waals surface area contributed by atoms with Crippen LogP contribution >= 0.6 is 11.8 Å². The molecule has 0 amide bonds. The van der Waals surface area contributed by atoms with E-state index in [1.807, 2.05) is 11.8 Å². The molecule has 61 heavy (non-hydrogen) atoms. The summed E-state index contributed by atoms with van der Waals surface area (Å²) in [5.74, 6) is 5.21. The van der Waals surface area contributed by atoms with Gasteiger partial charge in [-0.05, 0) is 134 Å². The molecule has 0 radical (unpaired) electrons. The number of aliphatic imine (C=N–C) groups is 1. The second-order valence-electron chi connectivity index (χ2n) is 19.0. The lowest BCUT2D eigenvalue weighted by atomic mass is 9.64. The van der Waals surface area contributed by atoms with Gasteiger partial charge in [0.05, 0.1) is 12.0 Å². The zero-order valence-electron chi connectivity index (χ0n) is 35.4. The molecule has 1 N–H and O–H groups in total. The molecule has 8 aliphatic carbocycles. The molecule has 2 heterocycles. The van der Waals surface area contributed by atoms with Gasteiger partial charge in [0.1, 0.15) is 11.9 Å². The third-order valence-electron chi connectivity index (χ3n) is 15.7. The Morgan fingerprint density at radius 2 is 1.54 bits per heavy atom. The molecule has 0 spiro atoms. The highest BCUT2D eigenvalue weighted by molar-refractivity contribution is 8.00. The molecule has 11 rings (SSSR count). The Morgan fingerprint density at radius 1 is 0.705 bits per heavy atom. The molecule has 308 valence electrons. The topological polar surface area (TPSA) is 48.2 Å². The number of nitrogens with zero attached hydrogens (tertiary/aromatic N) is 2. The van der Waals surface area contributed by atoms with Crippen LogP contribution in [0.3, 0.4) is 0 Å². The van der Waals surface area contributed by atoms with Crippen LogP contribution in [0.5, 0.6) is 0 Å². The summed E-state index contributed by atoms with van der Waals surface area (Å²) in [6.07, 6.45) is 61.4. The van der Waals surface area contributed by atoms with Crippen LogP contribution < -0.4 is 5.32 Å². The first-order valence-electron chi connectivity index (χ1n) is 23.7. The van der Waals surface area contributed by atoms with E-state index in [1.165, 1.54) is 77.0 Å². The molecule has 2 aliphatic heterocycles. The first kappa shape index (κ1) is 39.0. The van der Waals surface area contributed by atoms with Crippen LogP contribution in [0.4, 0.5) is 0 Å². The molecule has 1 aromatic rings. The number of fused-ring (bicyclic) bond motifs is 3. The van der Waals surface area contributed by atoms with Crippen LogP contribution in [-0.4, -0.2) is 11.1 Å². The smallest absolute Gasteiger partial charge is 0.109 e. The highest BCUT2D eigenvalue weighted by atomic mass is 32.2. The van der Waals surface area contributed by atoms with Crippen molar-refractivity contribution in [2.45, 2.75) is 99.2 Å². The molecule has 11 unspecified atom stereocenters. The van der Waals surface area contributed by atoms with Gasteiger partial charge in [0.15, 0.2) is 0 Å². The van der Waals surface area contributed by atoms with Crippen molar-refractivity contribution in [1.82, 2.24) is 5.32 Å². The number of nitrogens with one attached hydrogen (secondary N) is 1. The highest BCUT2D eigenvalue weighted by Crippen LogP contribution is 2.54. The summed E-state index contributed by atoms with van der Waals surface area (Å²) in [6.45, 7) is 0. The van der Waals surface area contributed by atoms with Gasteiger partial charge >= 0.3 is 0 Å². The molecular weight excluding hydrogens is 759 g/mol. The van der Waals surface area contributed by atoms with Crippen LogP contribution in [0.1, 0.15) is 100 Å². The van der Waals surface area contributed by atoms with Crippen LogP contribution in [0.15, 0.2) is 183 Å². The Balaban J connectivity index is 0.876. The monoisotopic (exact) mass is 817 g/mol. The molecule has 0 fully saturated rings. The van der Waals surface area contributed by atoms with Crippen LogP contribution in [0, 0.1) is 58.7 Å². The number of benzene rings is 1. The van der Waals surface area contributed by atoms with Crippen molar-refractivity contribution in [3.05, 3.63) is 184 Å². The van der Waals surface area contributed by atoms with E-state index in [9.17, 15) is 5.26 Å². The number of hydrogen-bond donors (Lipinski definition) is 1. The van der Waals surface area contributed by atoms with Crippen molar-refractivity contribution < 1.29 is 0 Å². The van der Waals surface area contributed by atoms with Crippen molar-refractivity contribution >= 4 is 17.6 Å². The lowest BCUT2D eigenvalue weighted by Crippen LogP contribution is -2.38. The molecule has 0 aromatic heterocycles. The minimum absolute atomic E-state index is 0.0388. The van der Waals surface area contributed by atoms with E-state index in [-0.39, 0.29) is 17.9 Å². The number of amidine groups is 1. The van der Waals surface area contributed by atoms with E-state index in [1.54, 1.807) is 11.1 Å². The largest absolute Gasteiger partial charge is 0.343 e. The fourth-order valence-electron chi connectivity index (χ4n) is 12.5. The summed E-state index contributed by atoms with van der Waals surface area (Å²) in [6, 6.07) is 9.46. The first-order chi connectivity index (χ1) is 30.2. The second kappa shape index (κ2) is 17.1. The Labute approximate surface area is 368 Å². The maximum atomic E-state index is 9.37. The molecule has 0 saturated carbocycles. The quantitative estimate of drug-likeness (QED) is 0.279. The molecule has 0 saturated heterocycles. The Bertz CT molecular complexity index is 2420. The predicted molar refractivity (Wildman–Crippen MR) is 254 cm³/mol. The summed E-state index contributed by atoms with van der Waals surface area (Å²) in [7, 11) is 0. The molecule has 11 atom stereocenters. The molecular formula is C57H59N3S. The Kier molecular flexibility index (Phi) is 11.0. The van der Waals surface area contributed by atoms with E-state index in [4.69, 9.17) is 4.99 Å². The maximum Gasteiger partial charge on any atom is 0.109 e. The first-order valence-corrected chi connectivity index (χ1v) is 24.5. The summed E-state index contributed by atoms with van der Waals surface area (Å²) in [5, 5.41) is 13.9. The second-order valence-corrected chi connectivity index (χ2v) is 20.2. The number of thioether (sulfide) groups is 1. The fourth-order valence-corrected chi connectivity index (χ4v) is 14.0. The average Bonchev–Trinajstić information content (AvgIpc) is 3.73. The van der Waals surface area contributed by atoms with E-state index >= 15 is 0 Å². The molecule has 1 aromatic carbocycles. The lowest BCUT2D eigenvalue weighted by molar-refractivity contribution is 0.286. The van der Waals surface area contributed by atoms with Crippen molar-refractivity contribution in [2.75, 3.05) is 0 Å². The van der Waals surface area contributed by atoms with Crippen molar-refractivity contribution in [3.63, 3.8) is 0 Å². The standard InChI is InChI=1S/C57H59N3S/c58-36-37-22-24-38(25-23-37)39-26-28-40(29-27-39)45-34-35-46(48-17-8-7-16-47(45)48)41-30-32-44(33-31-41)57-59-54(43-14-5-2-6-15-43)53(42-12-3-1-4-13-42)55(60-57)51-20-11-19-50-49-18-9-10-21-52(49)61-56(50)51/h1-5,8-12,14,17-22,24,26,28,30-32,37-40,42,44-46,49,52,55H,6-7,13,15-16,23,25,27,29,33-35H2,(H,59,60). The van der Waals surface area contributed by atoms with Crippen LogP contribution in [-0.2, 0) is 0 Å². The van der Waals surface area contributed by atoms with Gasteiger partial charge < -0.3 is 5.32 Å². The number of allylic oxidation sites excluding steroid dienone is 22. The summed E-state index contributed by atoms with van der Waals surface area (Å²) in [5.41, 5.74) is 11.9. The lowest BCUT2D eigenvalue weighted by Gasteiger charge is -2.41. The normalized spacial score (nSPS) is 35.9. The molecule has 10 aliphatic rings. The van der Waals surface area contributed by atoms with Crippen molar-refractivity contribution in [2.24, 2.45) is 52.3 Å². The Hall–Kier alpha value is -4.85. The highest BCUT2D eigenvalue weighted by Gasteiger charge is 2.40. The minimum Gasteiger partial charge on any atom is -0.343 e. The van der Waals surface area contributed by atoms with Crippen molar-refractivity contribution in [1.29, 1.82) is 5.26 Å². The van der Waals surface area contributed by atoms with E-state index < -0.39 is 0 Å². The van der Waals surface area contributed by atoms with E-state index in [2.05, 4.69) is 151 Å². The zero-order valence-corrected chi connectivity index (χ0v) is 36.2. The van der Waals surface area contributed by atoms with Crippen LogP contribution in [0.2, 0.25) is 0 Å². The van der Waals surface area contributed by atoms with E-state index in [0.29, 0.717) is 46.7 Å². The van der Waals surface area contributed by atoms with Gasteiger partial charge in [-0.15, -0.1) is 11.8 Å². The Morgan fingerprint density at radius 3 is 2.33 bits per heavy atom. The fraction of sp³-hybridized carbons (Fsp3) is 0.404. The van der Waals surface area contributed by atoms with Gasteiger partial charge in [-0.1, -0.05) is 145 Å². The van der Waals surface area contributed by atoms with Gasteiger partial charge in [-0.2, -0.15) is 5.26 Å². The molecule has 3 nitrogen and oxygen atoms in total. The number of nitriles is 1. The van der Waals surface area contributed by atoms with Crippen molar-refractivity contribution in [3.8, 4) is 6.07 Å². The molecule has 4 heteroatoms. The van der Waals surface area contributed by atoms with Crippen LogP contribution in [0.25, 0.3) is 0 Å². The third-order valence-corrected chi connectivity index (χ3v) is 17.1. The number of hydrogen-bond acceptors (Lipinski definition) is 4. The summed E-state index contributed by atoms with van der Waals surface area (Å²) < 4.78 is 0. The van der Waals surface area contributed by atoms with Gasteiger partial charge in [-0.3, -0.25) is 4.99 Å². The minimum atomic E-state index is -0.0388. The zero-order chi connectivity index (χ0) is 40.7. The summed E-state index contributed by atoms with van der Waals surface area (Å²) >= 11 is 2.05. The number of rotatable bonds is 7.